The second-order valence-electron chi connectivity index (χ2n) is 5.69. The van der Waals surface area contributed by atoms with Gasteiger partial charge in [-0.25, -0.2) is 0 Å². The van der Waals surface area contributed by atoms with Gasteiger partial charge in [-0.05, 0) is 46.2 Å². The van der Waals surface area contributed by atoms with E-state index in [2.05, 4.69) is 38.0 Å². The summed E-state index contributed by atoms with van der Waals surface area (Å²) in [7, 11) is 2.32. The summed E-state index contributed by atoms with van der Waals surface area (Å²) in [5, 5.41) is 3.78. The molecule has 0 saturated heterocycles. The van der Waals surface area contributed by atoms with Crippen molar-refractivity contribution >= 4 is 0 Å². The molecule has 1 saturated carbocycles. The normalized spacial score (nSPS) is 28.1. The van der Waals surface area contributed by atoms with Gasteiger partial charge in [-0.15, -0.1) is 0 Å². The molecule has 1 rings (SSSR count). The number of rotatable bonds is 6. The lowest BCUT2D eigenvalue weighted by atomic mass is 9.99. The Bertz CT molecular complexity index is 193. The third-order valence-electron chi connectivity index (χ3n) is 4.45. The summed E-state index contributed by atoms with van der Waals surface area (Å²) in [6.07, 6.45) is 9.49. The lowest BCUT2D eigenvalue weighted by Gasteiger charge is -2.37. The molecule has 0 spiro atoms. The van der Waals surface area contributed by atoms with Gasteiger partial charge in [-0.1, -0.05) is 33.1 Å². The summed E-state index contributed by atoms with van der Waals surface area (Å²) in [5.41, 5.74) is 0. The molecule has 0 aromatic heterocycles. The van der Waals surface area contributed by atoms with Crippen molar-refractivity contribution in [3.05, 3.63) is 0 Å². The smallest absolute Gasteiger partial charge is 0.0249 e. The highest BCUT2D eigenvalue weighted by Gasteiger charge is 2.28. The van der Waals surface area contributed by atoms with Crippen LogP contribution in [0.15, 0.2) is 0 Å². The van der Waals surface area contributed by atoms with Crippen LogP contribution in [-0.2, 0) is 0 Å². The molecule has 17 heavy (non-hydrogen) atoms. The topological polar surface area (TPSA) is 15.3 Å². The van der Waals surface area contributed by atoms with E-state index in [-0.39, 0.29) is 0 Å². The van der Waals surface area contributed by atoms with Gasteiger partial charge in [0.1, 0.15) is 0 Å². The molecular weight excluding hydrogens is 208 g/mol. The first kappa shape index (κ1) is 15.0. The van der Waals surface area contributed by atoms with Crippen LogP contribution >= 0.6 is 0 Å². The molecule has 0 heterocycles. The fourth-order valence-corrected chi connectivity index (χ4v) is 2.96. The van der Waals surface area contributed by atoms with Crippen LogP contribution in [0.1, 0.15) is 65.7 Å². The van der Waals surface area contributed by atoms with Crippen LogP contribution in [-0.4, -0.2) is 36.6 Å². The third-order valence-corrected chi connectivity index (χ3v) is 4.45. The van der Waals surface area contributed by atoms with Gasteiger partial charge in [0.25, 0.3) is 0 Å². The van der Waals surface area contributed by atoms with Gasteiger partial charge < -0.3 is 5.32 Å². The molecule has 1 aliphatic carbocycles. The summed E-state index contributed by atoms with van der Waals surface area (Å²) >= 11 is 0. The van der Waals surface area contributed by atoms with Crippen molar-refractivity contribution in [1.29, 1.82) is 0 Å². The minimum absolute atomic E-state index is 0.712. The standard InChI is InChI=1S/C15H32N2/c1-5-12-16-14-10-8-7-9-11-15(14)17(4)13(3)6-2/h13-16H,5-12H2,1-4H3. The Morgan fingerprint density at radius 2 is 1.88 bits per heavy atom. The maximum Gasteiger partial charge on any atom is 0.0249 e. The third kappa shape index (κ3) is 4.59. The Morgan fingerprint density at radius 1 is 1.18 bits per heavy atom. The Hall–Kier alpha value is -0.0800. The Morgan fingerprint density at radius 3 is 2.53 bits per heavy atom. The average Bonchev–Trinajstić information content (AvgIpc) is 2.59. The number of hydrogen-bond acceptors (Lipinski definition) is 2. The van der Waals surface area contributed by atoms with Crippen LogP contribution in [0.25, 0.3) is 0 Å². The van der Waals surface area contributed by atoms with E-state index in [0.717, 1.165) is 12.1 Å². The minimum Gasteiger partial charge on any atom is -0.312 e. The van der Waals surface area contributed by atoms with E-state index in [1.807, 2.05) is 0 Å². The predicted octanol–water partition coefficient (Wildman–Crippen LogP) is 3.42. The molecule has 1 N–H and O–H groups in total. The fraction of sp³-hybridized carbons (Fsp3) is 1.00. The molecule has 102 valence electrons. The van der Waals surface area contributed by atoms with E-state index in [0.29, 0.717) is 6.04 Å². The van der Waals surface area contributed by atoms with Crippen molar-refractivity contribution in [2.75, 3.05) is 13.6 Å². The summed E-state index contributed by atoms with van der Waals surface area (Å²) in [6, 6.07) is 2.18. The molecule has 0 amide bonds. The lowest BCUT2D eigenvalue weighted by Crippen LogP contribution is -2.51. The first-order valence-electron chi connectivity index (χ1n) is 7.66. The van der Waals surface area contributed by atoms with Gasteiger partial charge in [0.2, 0.25) is 0 Å². The van der Waals surface area contributed by atoms with Crippen molar-refractivity contribution < 1.29 is 0 Å². The molecule has 1 aliphatic rings. The van der Waals surface area contributed by atoms with Crippen LogP contribution < -0.4 is 5.32 Å². The molecule has 2 heteroatoms. The monoisotopic (exact) mass is 240 g/mol. The van der Waals surface area contributed by atoms with Crippen LogP contribution in [0.5, 0.6) is 0 Å². The van der Waals surface area contributed by atoms with Crippen molar-refractivity contribution in [2.45, 2.75) is 83.8 Å². The molecular formula is C15H32N2. The Kier molecular flexibility index (Phi) is 7.14. The second kappa shape index (κ2) is 8.10. The zero-order valence-corrected chi connectivity index (χ0v) is 12.3. The van der Waals surface area contributed by atoms with Gasteiger partial charge in [0, 0.05) is 18.1 Å². The van der Waals surface area contributed by atoms with Crippen molar-refractivity contribution in [1.82, 2.24) is 10.2 Å². The van der Waals surface area contributed by atoms with E-state index in [1.54, 1.807) is 0 Å². The first-order chi connectivity index (χ1) is 8.20. The van der Waals surface area contributed by atoms with E-state index in [4.69, 9.17) is 0 Å². The van der Waals surface area contributed by atoms with Crippen LogP contribution in [0.4, 0.5) is 0 Å². The molecule has 3 atom stereocenters. The Balaban J connectivity index is 2.60. The summed E-state index contributed by atoms with van der Waals surface area (Å²) < 4.78 is 0. The van der Waals surface area contributed by atoms with Crippen LogP contribution in [0, 0.1) is 0 Å². The first-order valence-corrected chi connectivity index (χ1v) is 7.66. The van der Waals surface area contributed by atoms with Crippen molar-refractivity contribution in [2.24, 2.45) is 0 Å². The average molecular weight is 240 g/mol. The summed E-state index contributed by atoms with van der Waals surface area (Å²) in [4.78, 5) is 2.62. The highest BCUT2D eigenvalue weighted by molar-refractivity contribution is 4.87. The number of nitrogens with zero attached hydrogens (tertiary/aromatic N) is 1. The quantitative estimate of drug-likeness (QED) is 0.716. The van der Waals surface area contributed by atoms with E-state index in [1.165, 1.54) is 51.5 Å². The van der Waals surface area contributed by atoms with Gasteiger partial charge in [-0.2, -0.15) is 0 Å². The predicted molar refractivity (Wildman–Crippen MR) is 76.5 cm³/mol. The van der Waals surface area contributed by atoms with E-state index >= 15 is 0 Å². The van der Waals surface area contributed by atoms with E-state index < -0.39 is 0 Å². The minimum atomic E-state index is 0.712. The molecule has 3 unspecified atom stereocenters. The molecule has 2 nitrogen and oxygen atoms in total. The van der Waals surface area contributed by atoms with Crippen molar-refractivity contribution in [3.8, 4) is 0 Å². The van der Waals surface area contributed by atoms with Gasteiger partial charge in [0.05, 0.1) is 0 Å². The number of nitrogens with one attached hydrogen (secondary N) is 1. The molecule has 1 fully saturated rings. The van der Waals surface area contributed by atoms with E-state index in [9.17, 15) is 0 Å². The largest absolute Gasteiger partial charge is 0.312 e. The highest BCUT2D eigenvalue weighted by atomic mass is 15.2. The maximum absolute atomic E-state index is 3.78. The van der Waals surface area contributed by atoms with Gasteiger partial charge in [0.15, 0.2) is 0 Å². The number of likely N-dealkylation sites (N-methyl/N-ethyl adjacent to an activating group) is 1. The lowest BCUT2D eigenvalue weighted by molar-refractivity contribution is 0.135. The van der Waals surface area contributed by atoms with Gasteiger partial charge in [-0.3, -0.25) is 4.90 Å². The van der Waals surface area contributed by atoms with Gasteiger partial charge >= 0.3 is 0 Å². The highest BCUT2D eigenvalue weighted by Crippen LogP contribution is 2.23. The van der Waals surface area contributed by atoms with Crippen LogP contribution in [0.2, 0.25) is 0 Å². The number of hydrogen-bond donors (Lipinski definition) is 1. The Labute approximate surface area is 108 Å². The fourth-order valence-electron chi connectivity index (χ4n) is 2.96. The zero-order valence-electron chi connectivity index (χ0n) is 12.3. The SMILES string of the molecule is CCCNC1CCCCCC1N(C)C(C)CC. The molecule has 0 bridgehead atoms. The molecule has 0 radical (unpaired) electrons. The molecule has 0 aromatic carbocycles. The van der Waals surface area contributed by atoms with Crippen molar-refractivity contribution in [3.63, 3.8) is 0 Å². The maximum atomic E-state index is 3.78. The summed E-state index contributed by atoms with van der Waals surface area (Å²) in [6.45, 7) is 8.10. The molecule has 0 aromatic rings. The molecule has 0 aliphatic heterocycles. The van der Waals surface area contributed by atoms with Crippen LogP contribution in [0.3, 0.4) is 0 Å². The summed E-state index contributed by atoms with van der Waals surface area (Å²) in [5.74, 6) is 0. The zero-order chi connectivity index (χ0) is 12.7. The second-order valence-corrected chi connectivity index (χ2v) is 5.69.